The lowest BCUT2D eigenvalue weighted by Crippen LogP contribution is -2.38. The molecule has 4 nitrogen and oxygen atoms in total. The first kappa shape index (κ1) is 15.5. The summed E-state index contributed by atoms with van der Waals surface area (Å²) in [5.74, 6) is 0.118. The zero-order chi connectivity index (χ0) is 14.3. The van der Waals surface area contributed by atoms with E-state index in [0.29, 0.717) is 6.42 Å². The first-order valence-corrected chi connectivity index (χ1v) is 6.64. The largest absolute Gasteiger partial charge is 0.497 e. The molecule has 0 spiro atoms. The van der Waals surface area contributed by atoms with Crippen molar-refractivity contribution in [1.29, 1.82) is 0 Å². The molecule has 0 radical (unpaired) electrons. The molecule has 0 aromatic heterocycles. The van der Waals surface area contributed by atoms with Gasteiger partial charge in [0, 0.05) is 0 Å². The van der Waals surface area contributed by atoms with Crippen molar-refractivity contribution < 1.29 is 14.6 Å². The van der Waals surface area contributed by atoms with Gasteiger partial charge in [-0.15, -0.1) is 0 Å². The Labute approximate surface area is 115 Å². The lowest BCUT2D eigenvalue weighted by molar-refractivity contribution is -0.142. The predicted molar refractivity (Wildman–Crippen MR) is 75.7 cm³/mol. The number of benzene rings is 1. The summed E-state index contributed by atoms with van der Waals surface area (Å²) < 4.78 is 5.11. The Balaban J connectivity index is 2.38. The lowest BCUT2D eigenvalue weighted by Gasteiger charge is -2.23. The van der Waals surface area contributed by atoms with Crippen LogP contribution in [0.15, 0.2) is 24.3 Å². The molecule has 0 heterocycles. The number of methoxy groups -OCH3 is 1. The molecule has 1 aromatic carbocycles. The maximum atomic E-state index is 11.0. The van der Waals surface area contributed by atoms with Gasteiger partial charge in [0.15, 0.2) is 0 Å². The summed E-state index contributed by atoms with van der Waals surface area (Å²) in [6, 6.07) is 7.62. The Morgan fingerprint density at radius 3 is 2.47 bits per heavy atom. The monoisotopic (exact) mass is 265 g/mol. The van der Waals surface area contributed by atoms with Crippen LogP contribution in [0.4, 0.5) is 0 Å². The molecule has 1 rings (SSSR count). The fourth-order valence-electron chi connectivity index (χ4n) is 2.16. The molecule has 0 fully saturated rings. The quantitative estimate of drug-likeness (QED) is 0.784. The molecule has 0 saturated carbocycles. The van der Waals surface area contributed by atoms with Crippen LogP contribution in [-0.2, 0) is 11.2 Å². The number of likely N-dealkylation sites (N-methyl/N-ethyl adjacent to an activating group) is 1. The molecule has 106 valence electrons. The van der Waals surface area contributed by atoms with E-state index in [0.717, 1.165) is 25.1 Å². The first-order chi connectivity index (χ1) is 9.08. The summed E-state index contributed by atoms with van der Waals surface area (Å²) in [6.45, 7) is 2.69. The molecule has 1 N–H and O–H groups in total. The van der Waals surface area contributed by atoms with E-state index in [1.807, 2.05) is 43.1 Å². The predicted octanol–water partition coefficient (Wildman–Crippen LogP) is 2.42. The third-order valence-electron chi connectivity index (χ3n) is 3.34. The van der Waals surface area contributed by atoms with Crippen molar-refractivity contribution in [2.45, 2.75) is 32.2 Å². The van der Waals surface area contributed by atoms with Crippen LogP contribution < -0.4 is 4.74 Å². The Morgan fingerprint density at radius 2 is 2.00 bits per heavy atom. The first-order valence-electron chi connectivity index (χ1n) is 6.64. The number of carboxylic acid groups (broad SMARTS) is 1. The number of rotatable bonds is 8. The number of ether oxygens (including phenoxy) is 1. The van der Waals surface area contributed by atoms with Gasteiger partial charge in [0.2, 0.25) is 0 Å². The average Bonchev–Trinajstić information content (AvgIpc) is 2.40. The van der Waals surface area contributed by atoms with Gasteiger partial charge < -0.3 is 9.84 Å². The fourth-order valence-corrected chi connectivity index (χ4v) is 2.16. The molecule has 0 amide bonds. The van der Waals surface area contributed by atoms with E-state index >= 15 is 0 Å². The zero-order valence-corrected chi connectivity index (χ0v) is 11.9. The molecule has 0 aliphatic heterocycles. The second-order valence-corrected chi connectivity index (χ2v) is 4.69. The zero-order valence-electron chi connectivity index (χ0n) is 11.9. The standard InChI is InChI=1S/C15H23NO3/c1-4-14(15(17)18)16(2)11-5-6-12-7-9-13(19-3)10-8-12/h7-10,14H,4-6,11H2,1-3H3,(H,17,18). The van der Waals surface area contributed by atoms with Crippen molar-refractivity contribution in [3.05, 3.63) is 29.8 Å². The van der Waals surface area contributed by atoms with E-state index < -0.39 is 5.97 Å². The number of hydrogen-bond acceptors (Lipinski definition) is 3. The van der Waals surface area contributed by atoms with E-state index in [4.69, 9.17) is 9.84 Å². The maximum absolute atomic E-state index is 11.0. The van der Waals surface area contributed by atoms with Crippen LogP contribution in [0, 0.1) is 0 Å². The van der Waals surface area contributed by atoms with Crippen molar-refractivity contribution in [3.8, 4) is 5.75 Å². The maximum Gasteiger partial charge on any atom is 0.320 e. The summed E-state index contributed by atoms with van der Waals surface area (Å²) in [4.78, 5) is 12.9. The van der Waals surface area contributed by atoms with Gasteiger partial charge in [0.1, 0.15) is 11.8 Å². The van der Waals surface area contributed by atoms with E-state index in [2.05, 4.69) is 0 Å². The number of hydrogen-bond donors (Lipinski definition) is 1. The van der Waals surface area contributed by atoms with Crippen LogP contribution in [-0.4, -0.2) is 42.7 Å². The molecule has 19 heavy (non-hydrogen) atoms. The van der Waals surface area contributed by atoms with Gasteiger partial charge in [0.05, 0.1) is 7.11 Å². The highest BCUT2D eigenvalue weighted by Gasteiger charge is 2.19. The molecule has 1 aromatic rings. The Morgan fingerprint density at radius 1 is 1.37 bits per heavy atom. The lowest BCUT2D eigenvalue weighted by atomic mass is 10.1. The highest BCUT2D eigenvalue weighted by atomic mass is 16.5. The summed E-state index contributed by atoms with van der Waals surface area (Å²) in [5, 5.41) is 9.06. The van der Waals surface area contributed by atoms with Crippen molar-refractivity contribution in [1.82, 2.24) is 4.90 Å². The van der Waals surface area contributed by atoms with Crippen LogP contribution in [0.25, 0.3) is 0 Å². The van der Waals surface area contributed by atoms with Crippen LogP contribution in [0.5, 0.6) is 5.75 Å². The Hall–Kier alpha value is -1.55. The second-order valence-electron chi connectivity index (χ2n) is 4.69. The van der Waals surface area contributed by atoms with E-state index in [1.54, 1.807) is 7.11 Å². The fraction of sp³-hybridized carbons (Fsp3) is 0.533. The molecular formula is C15H23NO3. The van der Waals surface area contributed by atoms with Gasteiger partial charge in [-0.2, -0.15) is 0 Å². The molecule has 4 heteroatoms. The highest BCUT2D eigenvalue weighted by molar-refractivity contribution is 5.73. The van der Waals surface area contributed by atoms with Crippen molar-refractivity contribution in [2.75, 3.05) is 20.7 Å². The average molecular weight is 265 g/mol. The minimum Gasteiger partial charge on any atom is -0.497 e. The van der Waals surface area contributed by atoms with Gasteiger partial charge >= 0.3 is 5.97 Å². The van der Waals surface area contributed by atoms with Gasteiger partial charge in [-0.1, -0.05) is 19.1 Å². The van der Waals surface area contributed by atoms with E-state index in [1.165, 1.54) is 5.56 Å². The number of carboxylic acids is 1. The summed E-state index contributed by atoms with van der Waals surface area (Å²) in [5.41, 5.74) is 1.25. The third kappa shape index (κ3) is 4.91. The minimum atomic E-state index is -0.741. The minimum absolute atomic E-state index is 0.379. The second kappa shape index (κ2) is 7.79. The SMILES string of the molecule is CCC(C(=O)O)N(C)CCCc1ccc(OC)cc1. The van der Waals surface area contributed by atoms with Crippen LogP contribution >= 0.6 is 0 Å². The van der Waals surface area contributed by atoms with Gasteiger partial charge in [-0.05, 0) is 50.6 Å². The molecule has 0 saturated heterocycles. The van der Waals surface area contributed by atoms with Gasteiger partial charge in [0.25, 0.3) is 0 Å². The molecular weight excluding hydrogens is 242 g/mol. The number of nitrogens with zero attached hydrogens (tertiary/aromatic N) is 1. The van der Waals surface area contributed by atoms with Crippen molar-refractivity contribution >= 4 is 5.97 Å². The molecule has 0 aliphatic carbocycles. The molecule has 0 aliphatic rings. The normalized spacial score (nSPS) is 12.4. The number of aliphatic carboxylic acids is 1. The topological polar surface area (TPSA) is 49.8 Å². The molecule has 1 unspecified atom stereocenters. The molecule has 0 bridgehead atoms. The highest BCUT2D eigenvalue weighted by Crippen LogP contribution is 2.13. The van der Waals surface area contributed by atoms with Crippen LogP contribution in [0.2, 0.25) is 0 Å². The third-order valence-corrected chi connectivity index (χ3v) is 3.34. The summed E-state index contributed by atoms with van der Waals surface area (Å²) in [6.07, 6.45) is 2.53. The van der Waals surface area contributed by atoms with Gasteiger partial charge in [-0.25, -0.2) is 0 Å². The Bertz CT molecular complexity index is 389. The van der Waals surface area contributed by atoms with E-state index in [9.17, 15) is 4.79 Å². The molecule has 1 atom stereocenters. The van der Waals surface area contributed by atoms with Crippen molar-refractivity contribution in [3.63, 3.8) is 0 Å². The van der Waals surface area contributed by atoms with Gasteiger partial charge in [-0.3, -0.25) is 9.69 Å². The Kier molecular flexibility index (Phi) is 6.36. The number of aryl methyl sites for hydroxylation is 1. The summed E-state index contributed by atoms with van der Waals surface area (Å²) >= 11 is 0. The number of carbonyl (C=O) groups is 1. The van der Waals surface area contributed by atoms with Crippen molar-refractivity contribution in [2.24, 2.45) is 0 Å². The summed E-state index contributed by atoms with van der Waals surface area (Å²) in [7, 11) is 3.52. The van der Waals surface area contributed by atoms with Crippen LogP contribution in [0.3, 0.4) is 0 Å². The smallest absolute Gasteiger partial charge is 0.320 e. The van der Waals surface area contributed by atoms with Crippen LogP contribution in [0.1, 0.15) is 25.3 Å². The van der Waals surface area contributed by atoms with E-state index in [-0.39, 0.29) is 6.04 Å².